The van der Waals surface area contributed by atoms with Crippen molar-refractivity contribution in [1.82, 2.24) is 9.55 Å². The quantitative estimate of drug-likeness (QED) is 0.870. The van der Waals surface area contributed by atoms with Gasteiger partial charge < -0.3 is 9.88 Å². The number of hydrogen-bond donors (Lipinski definition) is 1. The second-order valence-corrected chi connectivity index (χ2v) is 5.38. The Kier molecular flexibility index (Phi) is 2.65. The van der Waals surface area contributed by atoms with Crippen molar-refractivity contribution >= 4 is 5.82 Å². The molecule has 1 N–H and O–H groups in total. The molecule has 2 aliphatic rings. The highest BCUT2D eigenvalue weighted by Gasteiger charge is 2.27. The molecule has 4 nitrogen and oxygen atoms in total. The predicted octanol–water partition coefficient (Wildman–Crippen LogP) is 2.18. The molecule has 0 aromatic carbocycles. The molecule has 1 aromatic rings. The van der Waals surface area contributed by atoms with E-state index in [1.54, 1.807) is 6.20 Å². The number of anilines is 1. The van der Waals surface area contributed by atoms with Crippen molar-refractivity contribution in [2.75, 3.05) is 5.32 Å². The molecule has 0 aliphatic heterocycles. The number of rotatable bonds is 3. The summed E-state index contributed by atoms with van der Waals surface area (Å²) in [5.74, 6) is 1.18. The summed E-state index contributed by atoms with van der Waals surface area (Å²) < 4.78 is 1.83. The first-order valence-corrected chi connectivity index (χ1v) is 6.59. The van der Waals surface area contributed by atoms with Gasteiger partial charge in [-0.15, -0.1) is 0 Å². The Hall–Kier alpha value is -1.32. The van der Waals surface area contributed by atoms with E-state index in [2.05, 4.69) is 17.2 Å². The van der Waals surface area contributed by atoms with Crippen LogP contribution in [0.15, 0.2) is 17.2 Å². The van der Waals surface area contributed by atoms with Crippen LogP contribution in [-0.2, 0) is 0 Å². The topological polar surface area (TPSA) is 46.9 Å². The molecule has 1 aromatic heterocycles. The molecule has 0 bridgehead atoms. The third kappa shape index (κ3) is 2.08. The molecule has 0 saturated heterocycles. The normalized spacial score (nSPS) is 28.3. The molecule has 2 fully saturated rings. The van der Waals surface area contributed by atoms with Gasteiger partial charge >= 0.3 is 0 Å². The first-order chi connectivity index (χ1) is 8.25. The van der Waals surface area contributed by atoms with Gasteiger partial charge in [0.1, 0.15) is 0 Å². The number of hydrogen-bond acceptors (Lipinski definition) is 3. The van der Waals surface area contributed by atoms with Gasteiger partial charge in [0.05, 0.1) is 0 Å². The molecular formula is C13H19N3O. The van der Waals surface area contributed by atoms with Crippen LogP contribution in [0.3, 0.4) is 0 Å². The molecule has 0 radical (unpaired) electrons. The van der Waals surface area contributed by atoms with Crippen LogP contribution >= 0.6 is 0 Å². The van der Waals surface area contributed by atoms with Gasteiger partial charge in [-0.2, -0.15) is 0 Å². The van der Waals surface area contributed by atoms with Crippen LogP contribution in [0.2, 0.25) is 0 Å². The molecule has 1 heterocycles. The minimum Gasteiger partial charge on any atom is -0.362 e. The highest BCUT2D eigenvalue weighted by atomic mass is 16.1. The lowest BCUT2D eigenvalue weighted by molar-refractivity contribution is 0.552. The van der Waals surface area contributed by atoms with Gasteiger partial charge in [-0.25, -0.2) is 4.98 Å². The summed E-state index contributed by atoms with van der Waals surface area (Å²) in [6, 6.07) is 0.845. The van der Waals surface area contributed by atoms with Crippen LogP contribution in [0.5, 0.6) is 0 Å². The average Bonchev–Trinajstić information content (AvgIpc) is 3.08. The second-order valence-electron chi connectivity index (χ2n) is 5.38. The summed E-state index contributed by atoms with van der Waals surface area (Å²) in [6.45, 7) is 2.24. The Bertz CT molecular complexity index is 464. The van der Waals surface area contributed by atoms with Gasteiger partial charge in [0.2, 0.25) is 0 Å². The summed E-state index contributed by atoms with van der Waals surface area (Å²) in [4.78, 5) is 16.4. The minimum absolute atomic E-state index is 0.0501. The van der Waals surface area contributed by atoms with E-state index in [0.29, 0.717) is 23.8 Å². The number of nitrogens with one attached hydrogen (secondary N) is 1. The van der Waals surface area contributed by atoms with Gasteiger partial charge in [0.15, 0.2) is 5.82 Å². The third-order valence-electron chi connectivity index (χ3n) is 3.99. The van der Waals surface area contributed by atoms with E-state index in [1.165, 1.54) is 12.8 Å². The lowest BCUT2D eigenvalue weighted by atomic mass is 10.1. The zero-order valence-corrected chi connectivity index (χ0v) is 10.2. The Morgan fingerprint density at radius 1 is 1.35 bits per heavy atom. The van der Waals surface area contributed by atoms with E-state index < -0.39 is 0 Å². The highest BCUT2D eigenvalue weighted by Crippen LogP contribution is 2.33. The molecule has 2 aliphatic carbocycles. The van der Waals surface area contributed by atoms with Crippen LogP contribution in [0, 0.1) is 5.92 Å². The Morgan fingerprint density at radius 3 is 2.82 bits per heavy atom. The standard InChI is InChI=1S/C13H19N3O/c1-9-3-2-4-11(9)15-12-13(17)16(8-7-14-12)10-5-6-10/h7-11H,2-6H2,1H3,(H,14,15). The Labute approximate surface area is 101 Å². The molecule has 2 saturated carbocycles. The number of nitrogens with zero attached hydrogens (tertiary/aromatic N) is 2. The minimum atomic E-state index is 0.0501. The zero-order valence-electron chi connectivity index (χ0n) is 10.2. The largest absolute Gasteiger partial charge is 0.362 e. The molecule has 3 rings (SSSR count). The fraction of sp³-hybridized carbons (Fsp3) is 0.692. The second kappa shape index (κ2) is 4.17. The van der Waals surface area contributed by atoms with Crippen molar-refractivity contribution in [1.29, 1.82) is 0 Å². The molecular weight excluding hydrogens is 214 g/mol. The van der Waals surface area contributed by atoms with E-state index in [1.807, 2.05) is 10.8 Å². The first-order valence-electron chi connectivity index (χ1n) is 6.59. The van der Waals surface area contributed by atoms with Crippen molar-refractivity contribution in [3.63, 3.8) is 0 Å². The van der Waals surface area contributed by atoms with Crippen molar-refractivity contribution in [3.8, 4) is 0 Å². The molecule has 2 unspecified atom stereocenters. The highest BCUT2D eigenvalue weighted by molar-refractivity contribution is 5.33. The van der Waals surface area contributed by atoms with Crippen molar-refractivity contribution in [3.05, 3.63) is 22.7 Å². The fourth-order valence-corrected chi connectivity index (χ4v) is 2.70. The summed E-state index contributed by atoms with van der Waals surface area (Å²) in [6.07, 6.45) is 9.46. The molecule has 0 spiro atoms. The summed E-state index contributed by atoms with van der Waals surface area (Å²) in [7, 11) is 0. The maximum Gasteiger partial charge on any atom is 0.293 e. The third-order valence-corrected chi connectivity index (χ3v) is 3.99. The van der Waals surface area contributed by atoms with Gasteiger partial charge in [0, 0.05) is 24.5 Å². The molecule has 4 heteroatoms. The lowest BCUT2D eigenvalue weighted by Gasteiger charge is -2.17. The van der Waals surface area contributed by atoms with E-state index >= 15 is 0 Å². The summed E-state index contributed by atoms with van der Waals surface area (Å²) >= 11 is 0. The summed E-state index contributed by atoms with van der Waals surface area (Å²) in [5.41, 5.74) is 0.0501. The maximum atomic E-state index is 12.2. The van der Waals surface area contributed by atoms with Crippen LogP contribution in [0.4, 0.5) is 5.82 Å². The lowest BCUT2D eigenvalue weighted by Crippen LogP contribution is -2.30. The Balaban J connectivity index is 1.82. The molecule has 0 amide bonds. The smallest absolute Gasteiger partial charge is 0.293 e. The molecule has 17 heavy (non-hydrogen) atoms. The first kappa shape index (κ1) is 10.8. The van der Waals surface area contributed by atoms with E-state index in [4.69, 9.17) is 0 Å². The van der Waals surface area contributed by atoms with Crippen molar-refractivity contribution in [2.24, 2.45) is 5.92 Å². The average molecular weight is 233 g/mol. The van der Waals surface area contributed by atoms with E-state index in [9.17, 15) is 4.79 Å². The monoisotopic (exact) mass is 233 g/mol. The molecule has 2 atom stereocenters. The van der Waals surface area contributed by atoms with Crippen LogP contribution in [-0.4, -0.2) is 15.6 Å². The Morgan fingerprint density at radius 2 is 2.18 bits per heavy atom. The van der Waals surface area contributed by atoms with Crippen LogP contribution in [0.25, 0.3) is 0 Å². The predicted molar refractivity (Wildman–Crippen MR) is 67.2 cm³/mol. The van der Waals surface area contributed by atoms with Crippen LogP contribution in [0.1, 0.15) is 45.1 Å². The van der Waals surface area contributed by atoms with Gasteiger partial charge in [-0.1, -0.05) is 13.3 Å². The van der Waals surface area contributed by atoms with Gasteiger partial charge in [0.25, 0.3) is 5.56 Å². The van der Waals surface area contributed by atoms with E-state index in [-0.39, 0.29) is 5.56 Å². The zero-order chi connectivity index (χ0) is 11.8. The van der Waals surface area contributed by atoms with E-state index in [0.717, 1.165) is 19.3 Å². The van der Waals surface area contributed by atoms with Crippen molar-refractivity contribution < 1.29 is 0 Å². The fourth-order valence-electron chi connectivity index (χ4n) is 2.70. The van der Waals surface area contributed by atoms with Gasteiger partial charge in [-0.3, -0.25) is 4.79 Å². The van der Waals surface area contributed by atoms with Gasteiger partial charge in [-0.05, 0) is 31.6 Å². The SMILES string of the molecule is CC1CCCC1Nc1nccn(C2CC2)c1=O. The van der Waals surface area contributed by atoms with Crippen molar-refractivity contribution in [2.45, 2.75) is 51.1 Å². The molecule has 92 valence electrons. The number of aromatic nitrogens is 2. The van der Waals surface area contributed by atoms with Crippen LogP contribution < -0.4 is 10.9 Å². The summed E-state index contributed by atoms with van der Waals surface area (Å²) in [5, 5.41) is 3.34. The maximum absolute atomic E-state index is 12.2.